The molecular formula is C12H36Mn4O15+2. The molecule has 2 fully saturated rings. The fraction of sp³-hybridized carbons (Fsp3) is 0.833. The van der Waals surface area contributed by atoms with E-state index in [2.05, 4.69) is 0 Å². The fourth-order valence-electron chi connectivity index (χ4n) is 2.28. The van der Waals surface area contributed by atoms with E-state index >= 15 is 0 Å². The number of carbonyl (C=O) groups is 2. The Kier molecular flexibility index (Phi) is 64.4. The Labute approximate surface area is 220 Å². The van der Waals surface area contributed by atoms with Crippen LogP contribution in [0.4, 0.5) is 0 Å². The van der Waals surface area contributed by atoms with E-state index in [1.54, 1.807) is 0 Å². The first kappa shape index (κ1) is 69.7. The molecule has 0 aromatic carbocycles. The van der Waals surface area contributed by atoms with Crippen molar-refractivity contribution >= 4 is 11.9 Å². The predicted molar refractivity (Wildman–Crippen MR) is 92.1 cm³/mol. The van der Waals surface area contributed by atoms with E-state index in [0.717, 1.165) is 12.8 Å². The Morgan fingerprint density at radius 3 is 0.710 bits per heavy atom. The number of hydrogen-bond acceptors (Lipinski definition) is 6. The molecule has 200 valence electrons. The van der Waals surface area contributed by atoms with Gasteiger partial charge in [0.25, 0.3) is 0 Å². The number of aliphatic carboxylic acids is 2. The van der Waals surface area contributed by atoms with Gasteiger partial charge in [-0.25, -0.2) is 0 Å². The summed E-state index contributed by atoms with van der Waals surface area (Å²) in [5.41, 5.74) is -2.50. The van der Waals surface area contributed by atoms with E-state index in [9.17, 15) is 9.59 Å². The van der Waals surface area contributed by atoms with Crippen molar-refractivity contribution in [2.24, 2.45) is 10.8 Å². The van der Waals surface area contributed by atoms with Crippen LogP contribution in [0.5, 0.6) is 0 Å². The number of carboxylic acids is 2. The first-order chi connectivity index (χ1) is 9.19. The second-order valence-electron chi connectivity index (χ2n) is 5.38. The number of hydrogen-bond donors (Lipinski definition) is 6. The summed E-state index contributed by atoms with van der Waals surface area (Å²) < 4.78 is 0. The van der Waals surface area contributed by atoms with E-state index < -0.39 is 35.3 Å². The molecule has 0 aromatic heterocycles. The summed E-state index contributed by atoms with van der Waals surface area (Å²) in [7, 11) is 0. The zero-order valence-corrected chi connectivity index (χ0v) is 20.8. The summed E-state index contributed by atoms with van der Waals surface area (Å²) in [6, 6.07) is 0. The third-order valence-corrected chi connectivity index (χ3v) is 4.33. The second-order valence-corrected chi connectivity index (χ2v) is 5.38. The standard InChI is InChI=1S/2C6H10O4.4Mn.7H2O/c2*7-4(8)6(5(9)10)2-1-3-6;;;;;;;;;;;/h2*4,7-8H,1-3H2,(H,9,10);;;;;7*1H2/p+2. The van der Waals surface area contributed by atoms with Crippen molar-refractivity contribution in [3.63, 3.8) is 0 Å². The molecule has 2 rings (SSSR count). The molecule has 0 atom stereocenters. The minimum Gasteiger partial charge on any atom is -0.481 e. The summed E-state index contributed by atoms with van der Waals surface area (Å²) >= 11 is 0. The van der Waals surface area contributed by atoms with Crippen molar-refractivity contribution in [3.8, 4) is 0 Å². The van der Waals surface area contributed by atoms with Crippen molar-refractivity contribution in [1.29, 1.82) is 0 Å². The molecule has 0 aromatic rings. The van der Waals surface area contributed by atoms with Crippen LogP contribution in [-0.4, -0.2) is 82.5 Å². The van der Waals surface area contributed by atoms with Gasteiger partial charge in [0, 0.05) is 68.3 Å². The second kappa shape index (κ2) is 28.6. The van der Waals surface area contributed by atoms with Crippen LogP contribution < -0.4 is 0 Å². The normalized spacial score (nSPS) is 14.4. The number of carboxylic acid groups (broad SMARTS) is 2. The number of aliphatic hydroxyl groups is 4. The monoisotopic (exact) mass is 640 g/mol. The van der Waals surface area contributed by atoms with Gasteiger partial charge in [-0.05, 0) is 25.7 Å². The minimum atomic E-state index is -1.71. The summed E-state index contributed by atoms with van der Waals surface area (Å²) in [6.07, 6.45) is -0.383. The molecule has 2 aliphatic rings. The zero-order valence-electron chi connectivity index (χ0n) is 16.1. The van der Waals surface area contributed by atoms with E-state index in [0.29, 0.717) is 25.7 Å². The minimum absolute atomic E-state index is 0. The molecule has 15 nitrogen and oxygen atoms in total. The van der Waals surface area contributed by atoms with Gasteiger partial charge in [-0.2, -0.15) is 0 Å². The Balaban J connectivity index is -0.0000000212. The zero-order chi connectivity index (χ0) is 15.6. The van der Waals surface area contributed by atoms with Gasteiger partial charge < -0.3 is 69.0 Å². The molecule has 19 heteroatoms. The van der Waals surface area contributed by atoms with E-state index in [-0.39, 0.29) is 107 Å². The molecule has 0 amide bonds. The molecule has 22 N–H and O–H groups in total. The SMILES string of the molecule is O.O.O.O.O.O=C(O)C1(C(O)O)CCC1.O=C(O)C1(C(O)O)CCC1.[Mn].[Mn].[Mn].[Mn].[OH3+].[OH3+]. The Hall–Kier alpha value is 0.578. The molecule has 31 heavy (non-hydrogen) atoms. The van der Waals surface area contributed by atoms with Crippen LogP contribution in [0.2, 0.25) is 0 Å². The molecule has 0 heterocycles. The molecule has 0 bridgehead atoms. The molecule has 4 radical (unpaired) electrons. The molecule has 2 saturated carbocycles. The maximum absolute atomic E-state index is 10.4. The molecule has 2 aliphatic carbocycles. The summed E-state index contributed by atoms with van der Waals surface area (Å²) in [5, 5.41) is 51.7. The molecule has 0 unspecified atom stereocenters. The van der Waals surface area contributed by atoms with Crippen molar-refractivity contribution < 1.29 is 147 Å². The van der Waals surface area contributed by atoms with Crippen molar-refractivity contribution in [2.45, 2.75) is 51.1 Å². The molecule has 0 spiro atoms. The van der Waals surface area contributed by atoms with Crippen LogP contribution in [0.25, 0.3) is 0 Å². The van der Waals surface area contributed by atoms with E-state index in [4.69, 9.17) is 30.6 Å². The smallest absolute Gasteiger partial charge is 0.314 e. The Bertz CT molecular complexity index is 356. The van der Waals surface area contributed by atoms with Gasteiger partial charge in [-0.15, -0.1) is 0 Å². The number of aliphatic hydroxyl groups excluding tert-OH is 2. The summed E-state index contributed by atoms with van der Waals surface area (Å²) in [4.78, 5) is 20.8. The summed E-state index contributed by atoms with van der Waals surface area (Å²) in [6.45, 7) is 0. The van der Waals surface area contributed by atoms with Crippen molar-refractivity contribution in [2.75, 3.05) is 0 Å². The van der Waals surface area contributed by atoms with Gasteiger partial charge in [-0.3, -0.25) is 9.59 Å². The maximum Gasteiger partial charge on any atom is 0.314 e. The first-order valence-electron chi connectivity index (χ1n) is 6.38. The average molecular weight is 640 g/mol. The van der Waals surface area contributed by atoms with Crippen LogP contribution >= 0.6 is 0 Å². The van der Waals surface area contributed by atoms with Crippen LogP contribution in [0, 0.1) is 10.8 Å². The van der Waals surface area contributed by atoms with Crippen molar-refractivity contribution in [3.05, 3.63) is 0 Å². The van der Waals surface area contributed by atoms with Gasteiger partial charge in [-0.1, -0.05) is 12.8 Å². The van der Waals surface area contributed by atoms with Gasteiger partial charge >= 0.3 is 11.9 Å². The first-order valence-corrected chi connectivity index (χ1v) is 6.38. The Morgan fingerprint density at radius 2 is 0.710 bits per heavy atom. The van der Waals surface area contributed by atoms with Gasteiger partial charge in [0.15, 0.2) is 12.6 Å². The maximum atomic E-state index is 10.4. The van der Waals surface area contributed by atoms with E-state index in [1.807, 2.05) is 0 Å². The molecular weight excluding hydrogens is 604 g/mol. The third kappa shape index (κ3) is 15.2. The largest absolute Gasteiger partial charge is 0.481 e. The van der Waals surface area contributed by atoms with Gasteiger partial charge in [0.2, 0.25) is 0 Å². The van der Waals surface area contributed by atoms with E-state index in [1.165, 1.54) is 0 Å². The van der Waals surface area contributed by atoms with Crippen LogP contribution in [0.3, 0.4) is 0 Å². The topological polar surface area (TPSA) is 379 Å². The van der Waals surface area contributed by atoms with Crippen LogP contribution in [0.15, 0.2) is 0 Å². The van der Waals surface area contributed by atoms with Gasteiger partial charge in [0.1, 0.15) is 10.8 Å². The predicted octanol–water partition coefficient (Wildman–Crippen LogP) is -6.87. The molecule has 0 saturated heterocycles. The van der Waals surface area contributed by atoms with Crippen molar-refractivity contribution in [1.82, 2.24) is 0 Å². The Morgan fingerprint density at radius 1 is 0.548 bits per heavy atom. The van der Waals surface area contributed by atoms with Gasteiger partial charge in [0.05, 0.1) is 0 Å². The summed E-state index contributed by atoms with van der Waals surface area (Å²) in [5.74, 6) is -2.21. The number of rotatable bonds is 4. The quantitative estimate of drug-likeness (QED) is 0.0971. The van der Waals surface area contributed by atoms with Crippen LogP contribution in [0.1, 0.15) is 38.5 Å². The molecule has 0 aliphatic heterocycles. The average Bonchev–Trinajstić information content (AvgIpc) is 2.10. The third-order valence-electron chi connectivity index (χ3n) is 4.33. The fourth-order valence-corrected chi connectivity index (χ4v) is 2.28. The van der Waals surface area contributed by atoms with Crippen LogP contribution in [-0.2, 0) is 88.8 Å².